The van der Waals surface area contributed by atoms with Crippen LogP contribution in [0.1, 0.15) is 68.4 Å². The minimum absolute atomic E-state index is 0.0315. The maximum absolute atomic E-state index is 14.1. The molecule has 0 aliphatic rings. The Morgan fingerprint density at radius 3 is 2.05 bits per heavy atom. The summed E-state index contributed by atoms with van der Waals surface area (Å²) in [5.74, 6) is -0.597. The van der Waals surface area contributed by atoms with Crippen LogP contribution in [0, 0.1) is 5.82 Å². The maximum Gasteiger partial charge on any atom is 0.258 e. The number of aliphatic hydroxyl groups is 2. The molecule has 2 unspecified atom stereocenters. The Bertz CT molecular complexity index is 1380. The predicted molar refractivity (Wildman–Crippen MR) is 160 cm³/mol. The van der Waals surface area contributed by atoms with Crippen molar-refractivity contribution in [1.29, 1.82) is 0 Å². The van der Waals surface area contributed by atoms with Gasteiger partial charge in [-0.25, -0.2) is 4.39 Å². The van der Waals surface area contributed by atoms with Crippen molar-refractivity contribution in [2.24, 2.45) is 0 Å². The van der Waals surface area contributed by atoms with Gasteiger partial charge in [-0.1, -0.05) is 75.7 Å². The molecular weight excluding hydrogens is 503 g/mol. The number of aromatic nitrogens is 1. The van der Waals surface area contributed by atoms with Crippen LogP contribution in [0.4, 0.5) is 10.1 Å². The molecule has 1 heterocycles. The van der Waals surface area contributed by atoms with Crippen molar-refractivity contribution in [1.82, 2.24) is 4.57 Å². The van der Waals surface area contributed by atoms with E-state index >= 15 is 0 Å². The van der Waals surface area contributed by atoms with E-state index in [1.165, 1.54) is 12.1 Å². The molecule has 210 valence electrons. The van der Waals surface area contributed by atoms with Gasteiger partial charge in [0.15, 0.2) is 0 Å². The lowest BCUT2D eigenvalue weighted by molar-refractivity contribution is 0.0682. The van der Waals surface area contributed by atoms with Crippen LogP contribution in [0.3, 0.4) is 0 Å². The average Bonchev–Trinajstić information content (AvgIpc) is 3.29. The van der Waals surface area contributed by atoms with Crippen LogP contribution in [0.15, 0.2) is 84.9 Å². The van der Waals surface area contributed by atoms with Crippen LogP contribution in [0.2, 0.25) is 0 Å². The highest BCUT2D eigenvalue weighted by Crippen LogP contribution is 2.42. The third-order valence-electron chi connectivity index (χ3n) is 7.14. The summed E-state index contributed by atoms with van der Waals surface area (Å²) in [6.45, 7) is 6.54. The molecule has 0 bridgehead atoms. The van der Waals surface area contributed by atoms with Gasteiger partial charge in [0.2, 0.25) is 0 Å². The van der Waals surface area contributed by atoms with E-state index in [9.17, 15) is 19.4 Å². The molecule has 0 saturated heterocycles. The molecule has 4 rings (SSSR count). The predicted octanol–water partition coefficient (Wildman–Crippen LogP) is 7.64. The van der Waals surface area contributed by atoms with E-state index in [0.717, 1.165) is 34.5 Å². The van der Waals surface area contributed by atoms with E-state index in [1.807, 2.05) is 67.6 Å². The number of rotatable bonds is 12. The molecule has 3 aromatic carbocycles. The lowest BCUT2D eigenvalue weighted by Crippen LogP contribution is -2.21. The molecule has 40 heavy (non-hydrogen) atoms. The number of hydrogen-bond donors (Lipinski definition) is 3. The molecule has 2 atom stereocenters. The van der Waals surface area contributed by atoms with Crippen LogP contribution >= 0.6 is 0 Å². The Labute approximate surface area is 236 Å². The van der Waals surface area contributed by atoms with Crippen LogP contribution in [-0.4, -0.2) is 32.9 Å². The van der Waals surface area contributed by atoms with E-state index in [2.05, 4.69) is 23.7 Å². The number of carbonyl (C=O) groups is 1. The fraction of sp³-hybridized carbons (Fsp3) is 0.324. The number of anilines is 1. The largest absolute Gasteiger partial charge is 0.393 e. The van der Waals surface area contributed by atoms with E-state index in [-0.39, 0.29) is 17.6 Å². The van der Waals surface area contributed by atoms with Crippen molar-refractivity contribution in [3.05, 3.63) is 102 Å². The Balaban J connectivity index is 1.91. The Morgan fingerprint density at radius 1 is 0.850 bits per heavy atom. The SMILES string of the molecule is CCCC(O)CC(O)CCn1c(-c2ccc(F)cc2)c(-c2ccccc2)c(C(=O)Nc2ccccc2)c1C(C)C. The number of hydrogen-bond acceptors (Lipinski definition) is 3. The zero-order valence-corrected chi connectivity index (χ0v) is 23.5. The molecule has 3 N–H and O–H groups in total. The smallest absolute Gasteiger partial charge is 0.258 e. The van der Waals surface area contributed by atoms with E-state index in [1.54, 1.807) is 12.1 Å². The van der Waals surface area contributed by atoms with Crippen molar-refractivity contribution < 1.29 is 19.4 Å². The standard InChI is InChI=1S/C34H39FN2O3/c1-4-11-28(38)22-29(39)20-21-37-32(23(2)3)31(34(40)36-27-14-9-6-10-15-27)30(24-12-7-5-8-13-24)33(37)25-16-18-26(35)19-17-25/h5-10,12-19,23,28-29,38-39H,4,11,20-22H2,1-3H3,(H,36,40). The summed E-state index contributed by atoms with van der Waals surface area (Å²) in [5.41, 5.74) is 5.32. The summed E-state index contributed by atoms with van der Waals surface area (Å²) in [6, 6.07) is 25.4. The number of benzene rings is 3. The lowest BCUT2D eigenvalue weighted by atomic mass is 9.94. The first-order chi connectivity index (χ1) is 19.3. The average molecular weight is 543 g/mol. The third-order valence-corrected chi connectivity index (χ3v) is 7.14. The number of para-hydroxylation sites is 1. The van der Waals surface area contributed by atoms with Crippen molar-refractivity contribution in [3.8, 4) is 22.4 Å². The Kier molecular flexibility index (Phi) is 9.91. The summed E-state index contributed by atoms with van der Waals surface area (Å²) in [5, 5.41) is 24.2. The van der Waals surface area contributed by atoms with Gasteiger partial charge in [-0.3, -0.25) is 4.79 Å². The quantitative estimate of drug-likeness (QED) is 0.172. The summed E-state index contributed by atoms with van der Waals surface area (Å²) < 4.78 is 16.1. The van der Waals surface area contributed by atoms with Crippen molar-refractivity contribution in [2.45, 2.75) is 71.1 Å². The van der Waals surface area contributed by atoms with Crippen molar-refractivity contribution in [3.63, 3.8) is 0 Å². The highest BCUT2D eigenvalue weighted by atomic mass is 19.1. The molecule has 0 aliphatic carbocycles. The number of nitrogens with one attached hydrogen (secondary N) is 1. The number of amides is 1. The molecule has 0 aliphatic heterocycles. The number of halogens is 1. The second kappa shape index (κ2) is 13.6. The molecule has 4 aromatic rings. The molecule has 1 aromatic heterocycles. The normalized spacial score (nSPS) is 12.9. The Hall–Kier alpha value is -3.74. The first-order valence-electron chi connectivity index (χ1n) is 14.1. The molecular formula is C34H39FN2O3. The first kappa shape index (κ1) is 29.2. The zero-order valence-electron chi connectivity index (χ0n) is 23.5. The van der Waals surface area contributed by atoms with Gasteiger partial charge in [-0.05, 0) is 72.7 Å². The summed E-state index contributed by atoms with van der Waals surface area (Å²) >= 11 is 0. The monoisotopic (exact) mass is 542 g/mol. The highest BCUT2D eigenvalue weighted by Gasteiger charge is 2.30. The van der Waals surface area contributed by atoms with Crippen LogP contribution < -0.4 is 5.32 Å². The summed E-state index contributed by atoms with van der Waals surface area (Å²) in [4.78, 5) is 14.1. The molecule has 6 heteroatoms. The van der Waals surface area contributed by atoms with Gasteiger partial charge in [-0.2, -0.15) is 0 Å². The van der Waals surface area contributed by atoms with E-state index in [4.69, 9.17) is 0 Å². The highest BCUT2D eigenvalue weighted by molar-refractivity contribution is 6.12. The Morgan fingerprint density at radius 2 is 1.45 bits per heavy atom. The van der Waals surface area contributed by atoms with Crippen molar-refractivity contribution in [2.75, 3.05) is 5.32 Å². The topological polar surface area (TPSA) is 74.5 Å². The summed E-state index contributed by atoms with van der Waals surface area (Å²) in [7, 11) is 0. The van der Waals surface area contributed by atoms with Gasteiger partial charge in [0.1, 0.15) is 5.82 Å². The number of carbonyl (C=O) groups excluding carboxylic acids is 1. The number of nitrogens with zero attached hydrogens (tertiary/aromatic N) is 1. The van der Waals surface area contributed by atoms with Crippen LogP contribution in [-0.2, 0) is 6.54 Å². The van der Waals surface area contributed by atoms with Gasteiger partial charge in [0.25, 0.3) is 5.91 Å². The number of aliphatic hydroxyl groups excluding tert-OH is 2. The lowest BCUT2D eigenvalue weighted by Gasteiger charge is -2.20. The van der Waals surface area contributed by atoms with Gasteiger partial charge < -0.3 is 20.1 Å². The fourth-order valence-corrected chi connectivity index (χ4v) is 5.37. The second-order valence-corrected chi connectivity index (χ2v) is 10.6. The van der Waals surface area contributed by atoms with Gasteiger partial charge in [0.05, 0.1) is 23.5 Å². The minimum Gasteiger partial charge on any atom is -0.393 e. The molecule has 0 radical (unpaired) electrons. The second-order valence-electron chi connectivity index (χ2n) is 10.6. The van der Waals surface area contributed by atoms with Gasteiger partial charge >= 0.3 is 0 Å². The van der Waals surface area contributed by atoms with Crippen LogP contribution in [0.5, 0.6) is 0 Å². The van der Waals surface area contributed by atoms with Crippen LogP contribution in [0.25, 0.3) is 22.4 Å². The zero-order chi connectivity index (χ0) is 28.6. The van der Waals surface area contributed by atoms with E-state index < -0.39 is 12.2 Å². The maximum atomic E-state index is 14.1. The molecule has 1 amide bonds. The fourth-order valence-electron chi connectivity index (χ4n) is 5.37. The van der Waals surface area contributed by atoms with Crippen molar-refractivity contribution >= 4 is 11.6 Å². The molecule has 5 nitrogen and oxygen atoms in total. The molecule has 0 spiro atoms. The minimum atomic E-state index is -0.702. The molecule has 0 saturated carbocycles. The van der Waals surface area contributed by atoms with Gasteiger partial charge in [0, 0.05) is 23.5 Å². The summed E-state index contributed by atoms with van der Waals surface area (Å²) in [6.07, 6.45) is 0.922. The van der Waals surface area contributed by atoms with E-state index in [0.29, 0.717) is 37.1 Å². The van der Waals surface area contributed by atoms with Gasteiger partial charge in [-0.15, -0.1) is 0 Å². The first-order valence-corrected chi connectivity index (χ1v) is 14.1. The molecule has 0 fully saturated rings. The third kappa shape index (κ3) is 6.87.